The number of amides is 1. The van der Waals surface area contributed by atoms with Crippen molar-refractivity contribution < 1.29 is 18.3 Å². The molecule has 0 aromatic heterocycles. The summed E-state index contributed by atoms with van der Waals surface area (Å²) in [5.74, 6) is -0.187. The van der Waals surface area contributed by atoms with Gasteiger partial charge in [-0.2, -0.15) is 0 Å². The van der Waals surface area contributed by atoms with E-state index in [1.54, 1.807) is 0 Å². The summed E-state index contributed by atoms with van der Waals surface area (Å²) < 4.78 is 27.9. The molecule has 0 saturated carbocycles. The van der Waals surface area contributed by atoms with Crippen molar-refractivity contribution in [1.29, 1.82) is 0 Å². The first-order valence-electron chi connectivity index (χ1n) is 5.41. The van der Waals surface area contributed by atoms with Gasteiger partial charge in [-0.1, -0.05) is 6.92 Å². The summed E-state index contributed by atoms with van der Waals surface area (Å²) in [7, 11) is 0. The first-order valence-corrected chi connectivity index (χ1v) is 5.41. The molecule has 0 heterocycles. The summed E-state index contributed by atoms with van der Waals surface area (Å²) in [4.78, 5) is 11.4. The molecular formula is C10H20F2N2O2. The van der Waals surface area contributed by atoms with Crippen molar-refractivity contribution >= 4 is 5.91 Å². The molecular weight excluding hydrogens is 218 g/mol. The van der Waals surface area contributed by atoms with Crippen molar-refractivity contribution in [3.05, 3.63) is 0 Å². The molecule has 0 aliphatic heterocycles. The van der Waals surface area contributed by atoms with Crippen molar-refractivity contribution in [2.45, 2.75) is 26.2 Å². The molecule has 4 nitrogen and oxygen atoms in total. The first-order chi connectivity index (χ1) is 7.57. The second-order valence-electron chi connectivity index (χ2n) is 3.59. The fourth-order valence-corrected chi connectivity index (χ4v) is 1.15. The third kappa shape index (κ3) is 8.55. The number of halogens is 2. The van der Waals surface area contributed by atoms with Crippen molar-refractivity contribution in [3.63, 3.8) is 0 Å². The van der Waals surface area contributed by atoms with Gasteiger partial charge in [0.25, 0.3) is 6.43 Å². The minimum Gasteiger partial charge on any atom is -0.374 e. The van der Waals surface area contributed by atoms with Crippen LogP contribution in [0.1, 0.15) is 19.8 Å². The van der Waals surface area contributed by atoms with Crippen molar-refractivity contribution in [2.75, 3.05) is 26.3 Å². The predicted molar refractivity (Wildman–Crippen MR) is 57.3 cm³/mol. The van der Waals surface area contributed by atoms with E-state index < -0.39 is 13.0 Å². The fraction of sp³-hybridized carbons (Fsp3) is 0.900. The van der Waals surface area contributed by atoms with E-state index >= 15 is 0 Å². The molecule has 0 rings (SSSR count). The number of carbonyl (C=O) groups excluding carboxylic acids is 1. The van der Waals surface area contributed by atoms with Crippen LogP contribution in [0.25, 0.3) is 0 Å². The molecule has 6 heteroatoms. The Morgan fingerprint density at radius 3 is 2.75 bits per heavy atom. The van der Waals surface area contributed by atoms with Gasteiger partial charge in [0.2, 0.25) is 5.91 Å². The van der Waals surface area contributed by atoms with E-state index in [4.69, 9.17) is 5.73 Å². The second-order valence-corrected chi connectivity index (χ2v) is 3.59. The molecule has 0 saturated heterocycles. The van der Waals surface area contributed by atoms with Crippen LogP contribution in [0.2, 0.25) is 0 Å². The number of nitrogens with one attached hydrogen (secondary N) is 1. The summed E-state index contributed by atoms with van der Waals surface area (Å²) in [6, 6.07) is 0. The lowest BCUT2D eigenvalue weighted by Gasteiger charge is -2.11. The fourth-order valence-electron chi connectivity index (χ4n) is 1.15. The molecule has 1 atom stereocenters. The molecule has 96 valence electrons. The quantitative estimate of drug-likeness (QED) is 0.583. The van der Waals surface area contributed by atoms with Gasteiger partial charge in [0.05, 0.1) is 6.61 Å². The molecule has 0 bridgehead atoms. The Kier molecular flexibility index (Phi) is 9.03. The van der Waals surface area contributed by atoms with Crippen LogP contribution in [-0.2, 0) is 9.53 Å². The second kappa shape index (κ2) is 9.47. The van der Waals surface area contributed by atoms with Crippen LogP contribution in [0, 0.1) is 5.92 Å². The first kappa shape index (κ1) is 15.2. The van der Waals surface area contributed by atoms with Gasteiger partial charge in [-0.05, 0) is 19.4 Å². The number of rotatable bonds is 9. The van der Waals surface area contributed by atoms with E-state index in [-0.39, 0.29) is 25.0 Å². The topological polar surface area (TPSA) is 64.4 Å². The summed E-state index contributed by atoms with van der Waals surface area (Å²) in [6.45, 7) is 2.16. The van der Waals surface area contributed by atoms with Crippen LogP contribution >= 0.6 is 0 Å². The average Bonchev–Trinajstić information content (AvgIpc) is 2.24. The molecule has 0 aliphatic carbocycles. The normalized spacial score (nSPS) is 12.8. The van der Waals surface area contributed by atoms with Crippen LogP contribution in [0.15, 0.2) is 0 Å². The molecule has 0 aromatic carbocycles. The number of nitrogens with two attached hydrogens (primary N) is 1. The van der Waals surface area contributed by atoms with E-state index in [9.17, 15) is 13.6 Å². The maximum Gasteiger partial charge on any atom is 0.261 e. The summed E-state index contributed by atoms with van der Waals surface area (Å²) in [6.07, 6.45) is -0.921. The molecule has 0 radical (unpaired) electrons. The van der Waals surface area contributed by atoms with Crippen molar-refractivity contribution in [1.82, 2.24) is 5.32 Å². The van der Waals surface area contributed by atoms with E-state index in [1.165, 1.54) is 0 Å². The molecule has 0 spiro atoms. The van der Waals surface area contributed by atoms with E-state index in [0.29, 0.717) is 6.54 Å². The largest absolute Gasteiger partial charge is 0.374 e. The third-order valence-corrected chi connectivity index (χ3v) is 2.08. The smallest absolute Gasteiger partial charge is 0.261 e. The summed E-state index contributed by atoms with van der Waals surface area (Å²) >= 11 is 0. The Bertz CT molecular complexity index is 192. The van der Waals surface area contributed by atoms with E-state index in [1.807, 2.05) is 6.92 Å². The number of hydrogen-bond acceptors (Lipinski definition) is 3. The molecule has 0 aliphatic rings. The van der Waals surface area contributed by atoms with E-state index in [2.05, 4.69) is 10.1 Å². The van der Waals surface area contributed by atoms with Gasteiger partial charge in [0.15, 0.2) is 0 Å². The molecule has 1 amide bonds. The number of ether oxygens (including phenoxy) is 1. The predicted octanol–water partition coefficient (Wildman–Crippen LogP) is 0.759. The lowest BCUT2D eigenvalue weighted by Crippen LogP contribution is -2.32. The highest BCUT2D eigenvalue weighted by Crippen LogP contribution is 2.03. The average molecular weight is 238 g/mol. The van der Waals surface area contributed by atoms with E-state index in [0.717, 1.165) is 12.8 Å². The summed E-state index contributed by atoms with van der Waals surface area (Å²) in [5.41, 5.74) is 5.32. The summed E-state index contributed by atoms with van der Waals surface area (Å²) in [5, 5.41) is 2.62. The zero-order chi connectivity index (χ0) is 12.4. The Balaban J connectivity index is 3.42. The lowest BCUT2D eigenvalue weighted by molar-refractivity contribution is -0.125. The number of alkyl halides is 2. The van der Waals surface area contributed by atoms with Gasteiger partial charge in [-0.3, -0.25) is 4.79 Å². The maximum atomic E-state index is 11.7. The zero-order valence-corrected chi connectivity index (χ0v) is 9.55. The third-order valence-electron chi connectivity index (χ3n) is 2.08. The monoisotopic (exact) mass is 238 g/mol. The van der Waals surface area contributed by atoms with Crippen LogP contribution in [0.3, 0.4) is 0 Å². The molecule has 3 N–H and O–H groups in total. The number of hydrogen-bond donors (Lipinski definition) is 2. The highest BCUT2D eigenvalue weighted by atomic mass is 19.3. The van der Waals surface area contributed by atoms with Gasteiger partial charge < -0.3 is 15.8 Å². The molecule has 16 heavy (non-hydrogen) atoms. The van der Waals surface area contributed by atoms with Crippen LogP contribution in [0.4, 0.5) is 8.78 Å². The Hall–Kier alpha value is -0.750. The van der Waals surface area contributed by atoms with Crippen molar-refractivity contribution in [2.24, 2.45) is 11.7 Å². The highest BCUT2D eigenvalue weighted by Gasteiger charge is 2.11. The Morgan fingerprint density at radius 1 is 1.50 bits per heavy atom. The van der Waals surface area contributed by atoms with Crippen molar-refractivity contribution in [3.8, 4) is 0 Å². The molecule has 0 aromatic rings. The lowest BCUT2D eigenvalue weighted by atomic mass is 10.1. The maximum absolute atomic E-state index is 11.7. The van der Waals surface area contributed by atoms with Gasteiger partial charge in [0, 0.05) is 12.5 Å². The minimum atomic E-state index is -2.46. The molecule has 1 unspecified atom stereocenters. The SMILES string of the molecule is CC(CCCN)C(=O)NCCOCC(F)F. The Labute approximate surface area is 94.5 Å². The molecule has 0 fully saturated rings. The van der Waals surface area contributed by atoms with Crippen LogP contribution in [-0.4, -0.2) is 38.6 Å². The Morgan fingerprint density at radius 2 is 2.19 bits per heavy atom. The minimum absolute atomic E-state index is 0.0888. The van der Waals surface area contributed by atoms with Crippen LogP contribution < -0.4 is 11.1 Å². The van der Waals surface area contributed by atoms with Gasteiger partial charge in [-0.15, -0.1) is 0 Å². The van der Waals surface area contributed by atoms with Crippen LogP contribution in [0.5, 0.6) is 0 Å². The highest BCUT2D eigenvalue weighted by molar-refractivity contribution is 5.78. The number of carbonyl (C=O) groups is 1. The van der Waals surface area contributed by atoms with Gasteiger partial charge >= 0.3 is 0 Å². The van der Waals surface area contributed by atoms with Gasteiger partial charge in [0.1, 0.15) is 6.61 Å². The standard InChI is InChI=1S/C10H20F2N2O2/c1-8(3-2-4-13)10(15)14-5-6-16-7-9(11)12/h8-9H,2-7,13H2,1H3,(H,14,15). The van der Waals surface area contributed by atoms with Gasteiger partial charge in [-0.25, -0.2) is 8.78 Å². The zero-order valence-electron chi connectivity index (χ0n) is 9.55.